The molecule has 0 saturated heterocycles. The molecule has 0 radical (unpaired) electrons. The zero-order chi connectivity index (χ0) is 15.5. The van der Waals surface area contributed by atoms with Crippen LogP contribution in [0.2, 0.25) is 0 Å². The lowest BCUT2D eigenvalue weighted by molar-refractivity contribution is -0.194. The molecule has 0 rings (SSSR count). The fourth-order valence-corrected chi connectivity index (χ4v) is 2.38. The second-order valence-electron chi connectivity index (χ2n) is 8.89. The van der Waals surface area contributed by atoms with Crippen molar-refractivity contribution < 1.29 is 9.47 Å². The molecule has 0 spiro atoms. The maximum absolute atomic E-state index is 6.42. The Labute approximate surface area is 121 Å². The SMILES string of the molecule is CCC(COC(C)(C)C)(CC(C)(C)C)OC(C)(C)C. The van der Waals surface area contributed by atoms with Gasteiger partial charge in [0.05, 0.1) is 23.4 Å². The fraction of sp³-hybridized carbons (Fsp3) is 1.00. The van der Waals surface area contributed by atoms with Gasteiger partial charge in [-0.15, -0.1) is 0 Å². The lowest BCUT2D eigenvalue weighted by Gasteiger charge is -2.43. The average Bonchev–Trinajstić information content (AvgIpc) is 2.08. The summed E-state index contributed by atoms with van der Waals surface area (Å²) in [6.07, 6.45) is 1.97. The Kier molecular flexibility index (Phi) is 6.11. The van der Waals surface area contributed by atoms with Crippen LogP contribution in [0.15, 0.2) is 0 Å². The Morgan fingerprint density at radius 3 is 1.47 bits per heavy atom. The van der Waals surface area contributed by atoms with E-state index in [4.69, 9.17) is 9.47 Å². The number of hydrogen-bond donors (Lipinski definition) is 0. The first-order valence-electron chi connectivity index (χ1n) is 7.52. The van der Waals surface area contributed by atoms with Crippen LogP contribution in [0.5, 0.6) is 0 Å². The van der Waals surface area contributed by atoms with Gasteiger partial charge in [0.2, 0.25) is 0 Å². The van der Waals surface area contributed by atoms with Gasteiger partial charge in [0, 0.05) is 0 Å². The molecule has 1 unspecified atom stereocenters. The fourth-order valence-electron chi connectivity index (χ4n) is 2.38. The van der Waals surface area contributed by atoms with E-state index in [1.54, 1.807) is 0 Å². The van der Waals surface area contributed by atoms with Crippen molar-refractivity contribution >= 4 is 0 Å². The topological polar surface area (TPSA) is 18.5 Å². The van der Waals surface area contributed by atoms with Crippen LogP contribution in [-0.2, 0) is 9.47 Å². The van der Waals surface area contributed by atoms with Gasteiger partial charge in [-0.05, 0) is 59.8 Å². The molecule has 0 heterocycles. The first-order valence-corrected chi connectivity index (χ1v) is 7.52. The summed E-state index contributed by atoms with van der Waals surface area (Å²) in [5.74, 6) is 0. The first kappa shape index (κ1) is 18.9. The van der Waals surface area contributed by atoms with Crippen LogP contribution in [-0.4, -0.2) is 23.4 Å². The van der Waals surface area contributed by atoms with Gasteiger partial charge in [-0.3, -0.25) is 0 Å². The third-order valence-corrected chi connectivity index (χ3v) is 2.79. The summed E-state index contributed by atoms with van der Waals surface area (Å²) in [6, 6.07) is 0. The highest BCUT2D eigenvalue weighted by molar-refractivity contribution is 4.88. The van der Waals surface area contributed by atoms with Crippen LogP contribution in [0.25, 0.3) is 0 Å². The standard InChI is InChI=1S/C17H36O2/c1-11-17(12-14(2,3)4,19-16(8,9)10)13-18-15(5,6)7/h11-13H2,1-10H3. The van der Waals surface area contributed by atoms with Crippen molar-refractivity contribution in [1.29, 1.82) is 0 Å². The summed E-state index contributed by atoms with van der Waals surface area (Å²) >= 11 is 0. The summed E-state index contributed by atoms with van der Waals surface area (Å²) in [7, 11) is 0. The average molecular weight is 272 g/mol. The van der Waals surface area contributed by atoms with E-state index in [0.717, 1.165) is 12.8 Å². The quantitative estimate of drug-likeness (QED) is 0.684. The molecule has 0 amide bonds. The van der Waals surface area contributed by atoms with Gasteiger partial charge in [-0.25, -0.2) is 0 Å². The second-order valence-corrected chi connectivity index (χ2v) is 8.89. The summed E-state index contributed by atoms with van der Waals surface area (Å²) in [6.45, 7) is 22.3. The third-order valence-electron chi connectivity index (χ3n) is 2.79. The highest BCUT2D eigenvalue weighted by Gasteiger charge is 2.38. The van der Waals surface area contributed by atoms with Crippen LogP contribution in [0.1, 0.15) is 82.1 Å². The normalized spacial score (nSPS) is 17.4. The molecule has 0 aliphatic rings. The lowest BCUT2D eigenvalue weighted by Crippen LogP contribution is -2.47. The predicted octanol–water partition coefficient (Wildman–Crippen LogP) is 5.20. The molecule has 1 atom stereocenters. The van der Waals surface area contributed by atoms with Gasteiger partial charge in [0.25, 0.3) is 0 Å². The van der Waals surface area contributed by atoms with Crippen LogP contribution >= 0.6 is 0 Å². The van der Waals surface area contributed by atoms with Crippen LogP contribution < -0.4 is 0 Å². The number of rotatable bonds is 5. The Hall–Kier alpha value is -0.0800. The second kappa shape index (κ2) is 6.13. The van der Waals surface area contributed by atoms with Crippen LogP contribution in [0.3, 0.4) is 0 Å². The Balaban J connectivity index is 5.07. The van der Waals surface area contributed by atoms with E-state index in [1.165, 1.54) is 0 Å². The van der Waals surface area contributed by atoms with E-state index in [9.17, 15) is 0 Å². The molecule has 116 valence electrons. The Morgan fingerprint density at radius 1 is 0.737 bits per heavy atom. The first-order chi connectivity index (χ1) is 8.18. The largest absolute Gasteiger partial charge is 0.373 e. The van der Waals surface area contributed by atoms with Gasteiger partial charge < -0.3 is 9.47 Å². The maximum Gasteiger partial charge on any atom is 0.0924 e. The molecule has 0 bridgehead atoms. The molecule has 0 saturated carbocycles. The Bertz CT molecular complexity index is 244. The maximum atomic E-state index is 6.42. The molecule has 19 heavy (non-hydrogen) atoms. The van der Waals surface area contributed by atoms with E-state index in [0.29, 0.717) is 6.61 Å². The number of ether oxygens (including phenoxy) is 2. The van der Waals surface area contributed by atoms with E-state index in [1.807, 2.05) is 0 Å². The van der Waals surface area contributed by atoms with Gasteiger partial charge >= 0.3 is 0 Å². The van der Waals surface area contributed by atoms with E-state index in [-0.39, 0.29) is 22.2 Å². The summed E-state index contributed by atoms with van der Waals surface area (Å²) in [5, 5.41) is 0. The van der Waals surface area contributed by atoms with Gasteiger partial charge in [-0.1, -0.05) is 27.7 Å². The highest BCUT2D eigenvalue weighted by Crippen LogP contribution is 2.36. The molecule has 0 aromatic carbocycles. The minimum atomic E-state index is -0.205. The smallest absolute Gasteiger partial charge is 0.0924 e. The number of hydrogen-bond acceptors (Lipinski definition) is 2. The summed E-state index contributed by atoms with van der Waals surface area (Å²) < 4.78 is 12.5. The lowest BCUT2D eigenvalue weighted by atomic mass is 9.80. The monoisotopic (exact) mass is 272 g/mol. The van der Waals surface area contributed by atoms with Crippen molar-refractivity contribution in [3.05, 3.63) is 0 Å². The van der Waals surface area contributed by atoms with Gasteiger partial charge in [0.15, 0.2) is 0 Å². The van der Waals surface area contributed by atoms with E-state index in [2.05, 4.69) is 69.2 Å². The van der Waals surface area contributed by atoms with E-state index < -0.39 is 0 Å². The molecule has 0 N–H and O–H groups in total. The van der Waals surface area contributed by atoms with Crippen LogP contribution in [0, 0.1) is 5.41 Å². The molecular weight excluding hydrogens is 236 g/mol. The van der Waals surface area contributed by atoms with Crippen molar-refractivity contribution in [2.45, 2.75) is 98.9 Å². The summed E-state index contributed by atoms with van der Waals surface area (Å²) in [4.78, 5) is 0. The summed E-state index contributed by atoms with van der Waals surface area (Å²) in [5.41, 5.74) is -0.256. The molecule has 0 aromatic heterocycles. The molecular formula is C17H36O2. The van der Waals surface area contributed by atoms with Crippen molar-refractivity contribution in [1.82, 2.24) is 0 Å². The molecule has 2 nitrogen and oxygen atoms in total. The van der Waals surface area contributed by atoms with Gasteiger partial charge in [0.1, 0.15) is 0 Å². The zero-order valence-corrected chi connectivity index (χ0v) is 14.9. The van der Waals surface area contributed by atoms with E-state index >= 15 is 0 Å². The van der Waals surface area contributed by atoms with Gasteiger partial charge in [-0.2, -0.15) is 0 Å². The molecule has 0 aromatic rings. The molecule has 0 aliphatic heterocycles. The molecule has 0 fully saturated rings. The van der Waals surface area contributed by atoms with Crippen molar-refractivity contribution in [2.75, 3.05) is 6.61 Å². The highest BCUT2D eigenvalue weighted by atomic mass is 16.6. The minimum absolute atomic E-state index is 0.125. The zero-order valence-electron chi connectivity index (χ0n) is 14.9. The van der Waals surface area contributed by atoms with Crippen LogP contribution in [0.4, 0.5) is 0 Å². The molecule has 0 aliphatic carbocycles. The van der Waals surface area contributed by atoms with Crippen molar-refractivity contribution in [3.8, 4) is 0 Å². The predicted molar refractivity (Wildman–Crippen MR) is 83.6 cm³/mol. The molecule has 2 heteroatoms. The Morgan fingerprint density at radius 2 is 1.21 bits per heavy atom. The third kappa shape index (κ3) is 9.45. The van der Waals surface area contributed by atoms with Crippen molar-refractivity contribution in [3.63, 3.8) is 0 Å². The van der Waals surface area contributed by atoms with Crippen molar-refractivity contribution in [2.24, 2.45) is 5.41 Å². The minimum Gasteiger partial charge on any atom is -0.373 e.